The summed E-state index contributed by atoms with van der Waals surface area (Å²) in [5, 5.41) is 2.74. The zero-order valence-corrected chi connectivity index (χ0v) is 28.3. The predicted molar refractivity (Wildman–Crippen MR) is 185 cm³/mol. The molecule has 0 fully saturated rings. The molecule has 1 N–H and O–H groups in total. The quantitative estimate of drug-likeness (QED) is 0.0841. The van der Waals surface area contributed by atoms with E-state index in [-0.39, 0.29) is 53.4 Å². The molecule has 258 valence electrons. The molecule has 0 unspecified atom stereocenters. The molecule has 0 aromatic heterocycles. The topological polar surface area (TPSA) is 145 Å². The Bertz CT molecular complexity index is 1850. The second kappa shape index (κ2) is 16.8. The Morgan fingerprint density at radius 2 is 1.22 bits per heavy atom. The molecule has 4 aromatic rings. The van der Waals surface area contributed by atoms with Crippen molar-refractivity contribution in [2.45, 2.75) is 25.7 Å². The van der Waals surface area contributed by atoms with Crippen LogP contribution in [0, 0.1) is 0 Å². The molecule has 0 heterocycles. The highest BCUT2D eigenvalue weighted by atomic mass is 16.6. The molecule has 11 heteroatoms. The first-order valence-corrected chi connectivity index (χ1v) is 15.9. The molecule has 0 aliphatic heterocycles. The molecular weight excluding hydrogens is 640 g/mol. The van der Waals surface area contributed by atoms with Gasteiger partial charge in [-0.3, -0.25) is 28.8 Å². The lowest BCUT2D eigenvalue weighted by Crippen LogP contribution is -2.50. The van der Waals surface area contributed by atoms with Crippen molar-refractivity contribution in [3.8, 4) is 0 Å². The molecule has 0 saturated carbocycles. The third-order valence-electron chi connectivity index (χ3n) is 7.73. The Kier molecular flexibility index (Phi) is 12.4. The third-order valence-corrected chi connectivity index (χ3v) is 7.73. The fourth-order valence-electron chi connectivity index (χ4n) is 5.20. The first-order chi connectivity index (χ1) is 24.0. The summed E-state index contributed by atoms with van der Waals surface area (Å²) in [6.07, 6.45) is -0.340. The maximum absolute atomic E-state index is 13.5. The number of carbonyl (C=O) groups is 6. The van der Waals surface area contributed by atoms with Crippen LogP contribution in [-0.4, -0.2) is 74.3 Å². The Morgan fingerprint density at radius 3 is 1.80 bits per heavy atom. The van der Waals surface area contributed by atoms with Gasteiger partial charge in [0.25, 0.3) is 11.8 Å². The highest BCUT2D eigenvalue weighted by Crippen LogP contribution is 2.30. The third kappa shape index (κ3) is 8.30. The van der Waals surface area contributed by atoms with E-state index in [0.717, 1.165) is 0 Å². The van der Waals surface area contributed by atoms with Crippen LogP contribution in [0.15, 0.2) is 103 Å². The highest BCUT2D eigenvalue weighted by molar-refractivity contribution is 6.18. The average molecular weight is 679 g/mol. The maximum Gasteiger partial charge on any atom is 0.331 e. The number of benzene rings is 4. The summed E-state index contributed by atoms with van der Waals surface area (Å²) in [5.74, 6) is -4.06. The Hall–Kier alpha value is -6.10. The number of carbonyl (C=O) groups excluding carboxylic acids is 6. The van der Waals surface area contributed by atoms with E-state index >= 15 is 0 Å². The molecule has 11 nitrogen and oxygen atoms in total. The van der Waals surface area contributed by atoms with Gasteiger partial charge in [-0.15, -0.1) is 0 Å². The van der Waals surface area contributed by atoms with Crippen molar-refractivity contribution in [3.63, 3.8) is 0 Å². The van der Waals surface area contributed by atoms with Crippen LogP contribution in [0.2, 0.25) is 0 Å². The number of amides is 2. The van der Waals surface area contributed by atoms with Crippen molar-refractivity contribution >= 4 is 41.2 Å². The van der Waals surface area contributed by atoms with E-state index in [1.54, 1.807) is 92.7 Å². The number of anilines is 1. The largest absolute Gasteiger partial charge is 0.465 e. The van der Waals surface area contributed by atoms with E-state index in [4.69, 9.17) is 14.2 Å². The van der Waals surface area contributed by atoms with Crippen LogP contribution >= 0.6 is 0 Å². The maximum atomic E-state index is 13.5. The van der Waals surface area contributed by atoms with Crippen LogP contribution in [0.4, 0.5) is 5.69 Å². The number of ether oxygens (including phenoxy) is 3. The minimum Gasteiger partial charge on any atom is -0.465 e. The molecule has 0 aliphatic carbocycles. The van der Waals surface area contributed by atoms with Crippen LogP contribution in [0.1, 0.15) is 61.6 Å². The second-order valence-corrected chi connectivity index (χ2v) is 11.3. The highest BCUT2D eigenvalue weighted by Gasteiger charge is 2.52. The average Bonchev–Trinajstić information content (AvgIpc) is 3.13. The molecule has 0 radical (unpaired) electrons. The van der Waals surface area contributed by atoms with Crippen LogP contribution in [0.5, 0.6) is 0 Å². The van der Waals surface area contributed by atoms with Crippen molar-refractivity contribution in [1.82, 2.24) is 4.90 Å². The van der Waals surface area contributed by atoms with E-state index in [1.165, 1.54) is 43.3 Å². The number of ketones is 1. The first kappa shape index (κ1) is 36.7. The van der Waals surface area contributed by atoms with Gasteiger partial charge in [0.1, 0.15) is 6.61 Å². The van der Waals surface area contributed by atoms with E-state index in [2.05, 4.69) is 5.32 Å². The van der Waals surface area contributed by atoms with Gasteiger partial charge in [-0.05, 0) is 43.2 Å². The zero-order chi connectivity index (χ0) is 36.3. The van der Waals surface area contributed by atoms with Crippen molar-refractivity contribution < 1.29 is 43.0 Å². The summed E-state index contributed by atoms with van der Waals surface area (Å²) in [4.78, 5) is 81.1. The van der Waals surface area contributed by atoms with Gasteiger partial charge < -0.3 is 24.4 Å². The van der Waals surface area contributed by atoms with Gasteiger partial charge in [-0.2, -0.15) is 0 Å². The molecule has 4 rings (SSSR count). The Balaban J connectivity index is 1.59. The lowest BCUT2D eigenvalue weighted by Gasteiger charge is -2.29. The van der Waals surface area contributed by atoms with Gasteiger partial charge in [-0.25, -0.2) is 0 Å². The lowest BCUT2D eigenvalue weighted by atomic mass is 9.81. The van der Waals surface area contributed by atoms with Crippen molar-refractivity contribution in [2.75, 3.05) is 39.2 Å². The zero-order valence-electron chi connectivity index (χ0n) is 28.3. The number of esters is 3. The molecule has 0 bridgehead atoms. The SMILES string of the molecule is CCOC(=O)C(COC(=O)Cc1ccc(NC(=O)c2ccccc2C(=O)c2ccccc2)c(C(=O)N(C)C)c1)(C(=O)OCC)c1ccccc1. The first-order valence-electron chi connectivity index (χ1n) is 15.9. The second-order valence-electron chi connectivity index (χ2n) is 11.3. The molecular formula is C39H38N2O9. The molecule has 2 amide bonds. The number of nitrogens with one attached hydrogen (secondary N) is 1. The standard InChI is InChI=1S/C39H38N2O9/c1-5-48-37(46)39(38(47)49-6-2,28-17-11-8-12-18-28)25-50-33(42)24-26-21-22-32(31(23-26)36(45)41(3)4)40-35(44)30-20-14-13-19-29(30)34(43)27-15-9-7-10-16-27/h7-23H,5-6,24-25H2,1-4H3,(H,40,44). The van der Waals surface area contributed by atoms with E-state index in [9.17, 15) is 28.8 Å². The van der Waals surface area contributed by atoms with E-state index < -0.39 is 41.7 Å². The van der Waals surface area contributed by atoms with Gasteiger partial charge >= 0.3 is 17.9 Å². The normalized spacial score (nSPS) is 10.8. The van der Waals surface area contributed by atoms with Crippen LogP contribution in [-0.2, 0) is 40.4 Å². The van der Waals surface area contributed by atoms with Crippen molar-refractivity contribution in [3.05, 3.63) is 137 Å². The Labute approximate surface area is 290 Å². The van der Waals surface area contributed by atoms with Gasteiger partial charge in [0.2, 0.25) is 5.41 Å². The Morgan fingerprint density at radius 1 is 0.660 bits per heavy atom. The number of rotatable bonds is 14. The minimum atomic E-state index is -2.07. The summed E-state index contributed by atoms with van der Waals surface area (Å²) in [5.41, 5.74) is -0.529. The molecule has 0 atom stereocenters. The minimum absolute atomic E-state index is 0.0265. The fraction of sp³-hybridized carbons (Fsp3) is 0.231. The smallest absolute Gasteiger partial charge is 0.331 e. The summed E-state index contributed by atoms with van der Waals surface area (Å²) >= 11 is 0. The summed E-state index contributed by atoms with van der Waals surface area (Å²) in [6, 6.07) is 27.4. The van der Waals surface area contributed by atoms with E-state index in [0.29, 0.717) is 11.1 Å². The predicted octanol–water partition coefficient (Wildman–Crippen LogP) is 5.02. The lowest BCUT2D eigenvalue weighted by molar-refractivity contribution is -0.170. The summed E-state index contributed by atoms with van der Waals surface area (Å²) in [7, 11) is 3.08. The van der Waals surface area contributed by atoms with Gasteiger partial charge in [0.05, 0.1) is 36.4 Å². The van der Waals surface area contributed by atoms with Gasteiger partial charge in [0.15, 0.2) is 5.78 Å². The summed E-state index contributed by atoms with van der Waals surface area (Å²) < 4.78 is 16.0. The van der Waals surface area contributed by atoms with Crippen LogP contribution in [0.25, 0.3) is 0 Å². The van der Waals surface area contributed by atoms with Crippen LogP contribution in [0.3, 0.4) is 0 Å². The number of nitrogens with zero attached hydrogens (tertiary/aromatic N) is 1. The molecule has 0 spiro atoms. The summed E-state index contributed by atoms with van der Waals surface area (Å²) in [6.45, 7) is 2.44. The number of hydrogen-bond acceptors (Lipinski definition) is 9. The van der Waals surface area contributed by atoms with E-state index in [1.807, 2.05) is 0 Å². The van der Waals surface area contributed by atoms with Gasteiger partial charge in [-0.1, -0.05) is 84.9 Å². The van der Waals surface area contributed by atoms with Crippen molar-refractivity contribution in [1.29, 1.82) is 0 Å². The fourth-order valence-corrected chi connectivity index (χ4v) is 5.20. The number of hydrogen-bond donors (Lipinski definition) is 1. The molecule has 0 aliphatic rings. The van der Waals surface area contributed by atoms with Gasteiger partial charge in [0, 0.05) is 25.2 Å². The monoisotopic (exact) mass is 678 g/mol. The molecule has 50 heavy (non-hydrogen) atoms. The molecule has 0 saturated heterocycles. The molecule has 4 aromatic carbocycles. The van der Waals surface area contributed by atoms with Crippen molar-refractivity contribution in [2.24, 2.45) is 0 Å². The van der Waals surface area contributed by atoms with Crippen LogP contribution < -0.4 is 5.32 Å².